The molecule has 3 N–H and O–H groups in total. The quantitative estimate of drug-likeness (QED) is 0.573. The van der Waals surface area contributed by atoms with Gasteiger partial charge in [-0.3, -0.25) is 14.6 Å². The van der Waals surface area contributed by atoms with Crippen molar-refractivity contribution in [3.05, 3.63) is 36.5 Å². The molecule has 6 heteroatoms. The number of anilines is 1. The van der Waals surface area contributed by atoms with E-state index in [1.165, 1.54) is 0 Å². The van der Waals surface area contributed by atoms with Gasteiger partial charge in [-0.25, -0.2) is 0 Å². The number of fused-ring (bicyclic) bond motifs is 1. The Morgan fingerprint density at radius 3 is 2.83 bits per heavy atom. The molecule has 128 valence electrons. The molecule has 0 aliphatic rings. The van der Waals surface area contributed by atoms with Crippen LogP contribution in [0.5, 0.6) is 0 Å². The molecule has 6 nitrogen and oxygen atoms in total. The van der Waals surface area contributed by atoms with Crippen LogP contribution in [0.1, 0.15) is 32.6 Å². The molecule has 1 aromatic carbocycles. The van der Waals surface area contributed by atoms with Gasteiger partial charge < -0.3 is 15.8 Å². The number of nitrogens with zero attached hydrogens (tertiary/aromatic N) is 1. The summed E-state index contributed by atoms with van der Waals surface area (Å²) < 4.78 is 4.86. The first-order valence-electron chi connectivity index (χ1n) is 8.17. The molecule has 24 heavy (non-hydrogen) atoms. The summed E-state index contributed by atoms with van der Waals surface area (Å²) in [7, 11) is 0. The molecule has 0 radical (unpaired) electrons. The molecule has 0 spiro atoms. The van der Waals surface area contributed by atoms with Crippen molar-refractivity contribution in [2.75, 3.05) is 11.9 Å². The Labute approximate surface area is 141 Å². The third-order valence-electron chi connectivity index (χ3n) is 3.68. The number of esters is 1. The third kappa shape index (κ3) is 5.03. The largest absolute Gasteiger partial charge is 0.466 e. The Hall–Kier alpha value is -2.47. The summed E-state index contributed by atoms with van der Waals surface area (Å²) >= 11 is 0. The van der Waals surface area contributed by atoms with Gasteiger partial charge in [-0.2, -0.15) is 0 Å². The number of unbranched alkanes of at least 4 members (excludes halogenated alkanes) is 1. The summed E-state index contributed by atoms with van der Waals surface area (Å²) in [6.45, 7) is 2.17. The number of ether oxygens (including phenoxy) is 1. The highest BCUT2D eigenvalue weighted by Gasteiger charge is 2.15. The van der Waals surface area contributed by atoms with Crippen LogP contribution in [-0.2, 0) is 14.3 Å². The molecule has 0 aliphatic heterocycles. The van der Waals surface area contributed by atoms with E-state index in [-0.39, 0.29) is 11.9 Å². The second-order valence-electron chi connectivity index (χ2n) is 5.53. The average molecular weight is 329 g/mol. The molecule has 0 saturated carbocycles. The normalized spacial score (nSPS) is 11.9. The first kappa shape index (κ1) is 17.9. The summed E-state index contributed by atoms with van der Waals surface area (Å²) in [6.07, 6.45) is 3.92. The zero-order valence-electron chi connectivity index (χ0n) is 13.8. The fraction of sp³-hybridized carbons (Fsp3) is 0.389. The third-order valence-corrected chi connectivity index (χ3v) is 3.68. The van der Waals surface area contributed by atoms with Gasteiger partial charge in [0, 0.05) is 18.0 Å². The Balaban J connectivity index is 1.84. The fourth-order valence-corrected chi connectivity index (χ4v) is 2.43. The van der Waals surface area contributed by atoms with E-state index < -0.39 is 6.04 Å². The van der Waals surface area contributed by atoms with E-state index in [1.54, 1.807) is 19.2 Å². The Morgan fingerprint density at radius 1 is 1.25 bits per heavy atom. The number of hydrogen-bond donors (Lipinski definition) is 2. The number of aromatic nitrogens is 1. The van der Waals surface area contributed by atoms with Crippen LogP contribution in [0.25, 0.3) is 10.9 Å². The number of carbonyl (C=O) groups is 2. The summed E-state index contributed by atoms with van der Waals surface area (Å²) in [5.74, 6) is -0.457. The molecule has 1 aromatic heterocycles. The summed E-state index contributed by atoms with van der Waals surface area (Å²) in [6, 6.07) is 8.78. The van der Waals surface area contributed by atoms with Crippen molar-refractivity contribution in [3.63, 3.8) is 0 Å². The predicted octanol–water partition coefficient (Wildman–Crippen LogP) is 2.62. The second kappa shape index (κ2) is 8.98. The Morgan fingerprint density at radius 2 is 2.04 bits per heavy atom. The molecule has 0 aliphatic carbocycles. The lowest BCUT2D eigenvalue weighted by molar-refractivity contribution is -0.143. The second-order valence-corrected chi connectivity index (χ2v) is 5.53. The van der Waals surface area contributed by atoms with Gasteiger partial charge in [-0.1, -0.05) is 24.6 Å². The molecule has 0 saturated heterocycles. The van der Waals surface area contributed by atoms with E-state index in [2.05, 4.69) is 10.3 Å². The van der Waals surface area contributed by atoms with Crippen LogP contribution in [0.4, 0.5) is 5.69 Å². The number of nitrogens with one attached hydrogen (secondary N) is 1. The Bertz CT molecular complexity index is 697. The summed E-state index contributed by atoms with van der Waals surface area (Å²) in [5, 5.41) is 3.79. The Kier molecular flexibility index (Phi) is 6.69. The van der Waals surface area contributed by atoms with Gasteiger partial charge in [0.2, 0.25) is 5.91 Å². The number of carbonyl (C=O) groups excluding carboxylic acids is 2. The molecule has 0 fully saturated rings. The summed E-state index contributed by atoms with van der Waals surface area (Å²) in [4.78, 5) is 27.8. The molecule has 2 aromatic rings. The van der Waals surface area contributed by atoms with Crippen molar-refractivity contribution in [2.24, 2.45) is 5.73 Å². The van der Waals surface area contributed by atoms with Crippen molar-refractivity contribution < 1.29 is 14.3 Å². The van der Waals surface area contributed by atoms with Gasteiger partial charge in [-0.15, -0.1) is 0 Å². The molecule has 1 heterocycles. The van der Waals surface area contributed by atoms with Gasteiger partial charge in [0.25, 0.3) is 0 Å². The topological polar surface area (TPSA) is 94.3 Å². The van der Waals surface area contributed by atoms with Crippen LogP contribution in [0.2, 0.25) is 0 Å². The number of hydrogen-bond acceptors (Lipinski definition) is 5. The van der Waals surface area contributed by atoms with E-state index in [0.29, 0.717) is 38.0 Å². The van der Waals surface area contributed by atoms with Gasteiger partial charge in [0.1, 0.15) is 0 Å². The van der Waals surface area contributed by atoms with Crippen LogP contribution in [-0.4, -0.2) is 29.5 Å². The maximum atomic E-state index is 12.2. The molecule has 0 bridgehead atoms. The van der Waals surface area contributed by atoms with Gasteiger partial charge >= 0.3 is 5.97 Å². The fourth-order valence-electron chi connectivity index (χ4n) is 2.43. The number of nitrogens with two attached hydrogens (primary N) is 1. The lowest BCUT2D eigenvalue weighted by Crippen LogP contribution is -2.35. The van der Waals surface area contributed by atoms with Crippen molar-refractivity contribution >= 4 is 28.5 Å². The lowest BCUT2D eigenvalue weighted by atomic mass is 10.1. The molecular weight excluding hydrogens is 306 g/mol. The van der Waals surface area contributed by atoms with Crippen LogP contribution in [0.15, 0.2) is 36.5 Å². The highest BCUT2D eigenvalue weighted by Crippen LogP contribution is 2.20. The highest BCUT2D eigenvalue weighted by atomic mass is 16.5. The predicted molar refractivity (Wildman–Crippen MR) is 93.4 cm³/mol. The number of pyridine rings is 1. The average Bonchev–Trinajstić information content (AvgIpc) is 2.59. The monoisotopic (exact) mass is 329 g/mol. The number of rotatable bonds is 8. The first-order valence-corrected chi connectivity index (χ1v) is 8.17. The van der Waals surface area contributed by atoms with Crippen molar-refractivity contribution in [1.82, 2.24) is 4.98 Å². The van der Waals surface area contributed by atoms with Crippen molar-refractivity contribution in [1.29, 1.82) is 0 Å². The molecule has 2 rings (SSSR count). The van der Waals surface area contributed by atoms with Crippen LogP contribution in [0.3, 0.4) is 0 Å². The first-order chi connectivity index (χ1) is 11.6. The van der Waals surface area contributed by atoms with E-state index in [1.807, 2.05) is 24.3 Å². The van der Waals surface area contributed by atoms with Crippen LogP contribution < -0.4 is 11.1 Å². The SMILES string of the molecule is CCOC(=O)CCCCC(N)C(=O)Nc1cccc2cccnc12. The van der Waals surface area contributed by atoms with E-state index >= 15 is 0 Å². The van der Waals surface area contributed by atoms with Gasteiger partial charge in [0.05, 0.1) is 23.9 Å². The van der Waals surface area contributed by atoms with Gasteiger partial charge in [-0.05, 0) is 31.9 Å². The minimum Gasteiger partial charge on any atom is -0.466 e. The highest BCUT2D eigenvalue weighted by molar-refractivity contribution is 6.02. The smallest absolute Gasteiger partial charge is 0.305 e. The van der Waals surface area contributed by atoms with Gasteiger partial charge in [0.15, 0.2) is 0 Å². The minimum absolute atomic E-state index is 0.211. The van der Waals surface area contributed by atoms with E-state index in [9.17, 15) is 9.59 Å². The standard InChI is InChI=1S/C18H23N3O3/c1-2-24-16(22)11-4-3-9-14(19)18(23)21-15-10-5-7-13-8-6-12-20-17(13)15/h5-8,10,12,14H,2-4,9,11,19H2,1H3,(H,21,23). The number of amides is 1. The van der Waals surface area contributed by atoms with Crippen LogP contribution in [0, 0.1) is 0 Å². The number of benzene rings is 1. The molecular formula is C18H23N3O3. The maximum absolute atomic E-state index is 12.2. The minimum atomic E-state index is -0.619. The van der Waals surface area contributed by atoms with Crippen LogP contribution >= 0.6 is 0 Å². The molecule has 1 unspecified atom stereocenters. The van der Waals surface area contributed by atoms with E-state index in [4.69, 9.17) is 10.5 Å². The number of para-hydroxylation sites is 1. The molecule has 1 atom stereocenters. The zero-order valence-corrected chi connectivity index (χ0v) is 13.8. The lowest BCUT2D eigenvalue weighted by Gasteiger charge is -2.13. The zero-order chi connectivity index (χ0) is 17.4. The van der Waals surface area contributed by atoms with E-state index in [0.717, 1.165) is 10.9 Å². The van der Waals surface area contributed by atoms with Crippen molar-refractivity contribution in [3.8, 4) is 0 Å². The summed E-state index contributed by atoms with van der Waals surface area (Å²) in [5.41, 5.74) is 7.33. The van der Waals surface area contributed by atoms with Crippen molar-refractivity contribution in [2.45, 2.75) is 38.6 Å². The maximum Gasteiger partial charge on any atom is 0.305 e. The molecule has 1 amide bonds.